The molecule has 0 radical (unpaired) electrons. The van der Waals surface area contributed by atoms with Crippen molar-refractivity contribution < 1.29 is 33.8 Å². The van der Waals surface area contributed by atoms with Crippen LogP contribution in [0.1, 0.15) is 20.7 Å². The van der Waals surface area contributed by atoms with Crippen molar-refractivity contribution in [2.24, 2.45) is 0 Å². The molecule has 2 atom stereocenters. The predicted molar refractivity (Wildman–Crippen MR) is 116 cm³/mol. The maximum atomic E-state index is 12.9. The van der Waals surface area contributed by atoms with Crippen LogP contribution in [0.4, 0.5) is 5.69 Å². The molecule has 0 heterocycles. The molecule has 3 rings (SSSR count). The molecule has 3 aromatic rings. The molecule has 0 spiro atoms. The van der Waals surface area contributed by atoms with Crippen LogP contribution in [0.25, 0.3) is 0 Å². The Hall–Kier alpha value is -4.17. The number of aliphatic carboxylic acids is 1. The Bertz CT molecular complexity index is 1130. The summed E-state index contributed by atoms with van der Waals surface area (Å²) in [5.41, 5.74) is 0.347. The summed E-state index contributed by atoms with van der Waals surface area (Å²) in [4.78, 5) is 49.8. The smallest absolute Gasteiger partial charge is 0.339 e. The van der Waals surface area contributed by atoms with Gasteiger partial charge in [-0.3, -0.25) is 4.79 Å². The highest BCUT2D eigenvalue weighted by Crippen LogP contribution is 2.17. The molecular weight excluding hydrogens is 450 g/mol. The van der Waals surface area contributed by atoms with Gasteiger partial charge in [-0.2, -0.15) is 0 Å². The first-order valence-corrected chi connectivity index (χ1v) is 10.0. The molecule has 0 bridgehead atoms. The Morgan fingerprint density at radius 2 is 1.15 bits per heavy atom. The van der Waals surface area contributed by atoms with Gasteiger partial charge in [-0.05, 0) is 48.5 Å². The molecule has 0 fully saturated rings. The van der Waals surface area contributed by atoms with E-state index in [1.807, 2.05) is 0 Å². The first kappa shape index (κ1) is 23.5. The van der Waals surface area contributed by atoms with Gasteiger partial charge in [0.1, 0.15) is 0 Å². The minimum atomic E-state index is -2.22. The lowest BCUT2D eigenvalue weighted by atomic mass is 10.1. The summed E-state index contributed by atoms with van der Waals surface area (Å²) in [7, 11) is 0. The zero-order valence-electron chi connectivity index (χ0n) is 17.0. The standard InChI is InChI=1S/C24H18ClNO7/c25-17-11-13-18(14-12-17)26-21(27)19(32-23(30)15-7-3-1-4-8-15)20(22(28)29)33-24(31)16-9-5-2-6-10-16/h1-14,19-20H,(H,26,27)(H,28,29)/p-1. The average Bonchev–Trinajstić information content (AvgIpc) is 2.83. The molecule has 1 N–H and O–H groups in total. The molecule has 33 heavy (non-hydrogen) atoms. The van der Waals surface area contributed by atoms with Crippen molar-refractivity contribution in [2.45, 2.75) is 12.2 Å². The summed E-state index contributed by atoms with van der Waals surface area (Å²) in [6.07, 6.45) is -4.27. The van der Waals surface area contributed by atoms with Crippen molar-refractivity contribution in [3.63, 3.8) is 0 Å². The molecule has 168 valence electrons. The van der Waals surface area contributed by atoms with Gasteiger partial charge in [-0.25, -0.2) is 9.59 Å². The van der Waals surface area contributed by atoms with E-state index >= 15 is 0 Å². The van der Waals surface area contributed by atoms with E-state index in [4.69, 9.17) is 21.1 Å². The molecule has 0 aliphatic carbocycles. The van der Waals surface area contributed by atoms with Gasteiger partial charge in [0.05, 0.1) is 17.1 Å². The van der Waals surface area contributed by atoms with E-state index in [2.05, 4.69) is 5.32 Å². The molecule has 0 aliphatic heterocycles. The lowest BCUT2D eigenvalue weighted by molar-refractivity contribution is -0.317. The van der Waals surface area contributed by atoms with Gasteiger partial charge in [0.15, 0.2) is 6.10 Å². The van der Waals surface area contributed by atoms with Crippen molar-refractivity contribution in [1.82, 2.24) is 0 Å². The number of amides is 1. The van der Waals surface area contributed by atoms with E-state index in [0.717, 1.165) is 0 Å². The largest absolute Gasteiger partial charge is 0.546 e. The van der Waals surface area contributed by atoms with Gasteiger partial charge in [0.2, 0.25) is 6.10 Å². The zero-order valence-corrected chi connectivity index (χ0v) is 17.7. The van der Waals surface area contributed by atoms with Crippen LogP contribution < -0.4 is 10.4 Å². The summed E-state index contributed by atoms with van der Waals surface area (Å²) >= 11 is 5.83. The number of carboxylic acid groups (broad SMARTS) is 1. The van der Waals surface area contributed by atoms with Gasteiger partial charge in [-0.15, -0.1) is 0 Å². The third-order valence-electron chi connectivity index (χ3n) is 4.36. The highest BCUT2D eigenvalue weighted by molar-refractivity contribution is 6.30. The van der Waals surface area contributed by atoms with Crippen LogP contribution in [0.15, 0.2) is 84.9 Å². The molecule has 3 aromatic carbocycles. The van der Waals surface area contributed by atoms with Crippen molar-refractivity contribution in [1.29, 1.82) is 0 Å². The van der Waals surface area contributed by atoms with E-state index in [9.17, 15) is 24.3 Å². The Balaban J connectivity index is 1.89. The number of anilines is 1. The minimum absolute atomic E-state index is 0.0370. The molecule has 0 aliphatic rings. The fourth-order valence-corrected chi connectivity index (χ4v) is 2.87. The number of carboxylic acids is 1. The monoisotopic (exact) mass is 466 g/mol. The fraction of sp³-hybridized carbons (Fsp3) is 0.0833. The number of carbonyl (C=O) groups is 4. The number of rotatable bonds is 8. The lowest BCUT2D eigenvalue weighted by Gasteiger charge is -2.27. The van der Waals surface area contributed by atoms with Crippen LogP contribution in [0, 0.1) is 0 Å². The Kier molecular flexibility index (Phi) is 7.77. The molecule has 1 amide bonds. The maximum Gasteiger partial charge on any atom is 0.339 e. The number of nitrogens with one attached hydrogen (secondary N) is 1. The second kappa shape index (κ2) is 10.9. The molecule has 8 nitrogen and oxygen atoms in total. The van der Waals surface area contributed by atoms with Gasteiger partial charge >= 0.3 is 11.9 Å². The van der Waals surface area contributed by atoms with Gasteiger partial charge in [0.25, 0.3) is 5.91 Å². The van der Waals surface area contributed by atoms with Gasteiger partial charge < -0.3 is 24.7 Å². The average molecular weight is 467 g/mol. The van der Waals surface area contributed by atoms with Crippen molar-refractivity contribution in [3.05, 3.63) is 101 Å². The number of benzene rings is 3. The van der Waals surface area contributed by atoms with Crippen molar-refractivity contribution >= 4 is 41.1 Å². The van der Waals surface area contributed by atoms with Crippen LogP contribution in [-0.2, 0) is 19.1 Å². The van der Waals surface area contributed by atoms with E-state index in [1.165, 1.54) is 48.5 Å². The number of hydrogen-bond acceptors (Lipinski definition) is 7. The predicted octanol–water partition coefficient (Wildman–Crippen LogP) is 2.48. The van der Waals surface area contributed by atoms with Crippen LogP contribution >= 0.6 is 11.6 Å². The fourth-order valence-electron chi connectivity index (χ4n) is 2.75. The Morgan fingerprint density at radius 1 is 0.697 bits per heavy atom. The highest BCUT2D eigenvalue weighted by Gasteiger charge is 2.37. The molecule has 0 saturated heterocycles. The Labute approximate surface area is 193 Å². The van der Waals surface area contributed by atoms with Gasteiger partial charge in [-0.1, -0.05) is 48.0 Å². The van der Waals surface area contributed by atoms with E-state index in [1.54, 1.807) is 36.4 Å². The second-order valence-electron chi connectivity index (χ2n) is 6.70. The molecule has 9 heteroatoms. The van der Waals surface area contributed by atoms with E-state index < -0.39 is 36.0 Å². The summed E-state index contributed by atoms with van der Waals surface area (Å²) in [5, 5.41) is 14.7. The van der Waals surface area contributed by atoms with Crippen LogP contribution in [0.5, 0.6) is 0 Å². The number of carbonyl (C=O) groups excluding carboxylic acids is 4. The molecule has 2 unspecified atom stereocenters. The normalized spacial score (nSPS) is 12.2. The topological polar surface area (TPSA) is 122 Å². The number of esters is 2. The van der Waals surface area contributed by atoms with E-state index in [-0.39, 0.29) is 16.8 Å². The SMILES string of the molecule is O=C(OC(C(=O)[O-])C(OC(=O)c1ccccc1)C(=O)Nc1ccc(Cl)cc1)c1ccccc1. The first-order valence-electron chi connectivity index (χ1n) is 9.64. The van der Waals surface area contributed by atoms with Gasteiger partial charge in [0, 0.05) is 10.7 Å². The number of hydrogen-bond donors (Lipinski definition) is 1. The third kappa shape index (κ3) is 6.41. The molecule has 0 aromatic heterocycles. The van der Waals surface area contributed by atoms with Crippen molar-refractivity contribution in [3.8, 4) is 0 Å². The summed E-state index contributed by atoms with van der Waals surface area (Å²) < 4.78 is 10.2. The number of ether oxygens (including phenoxy) is 2. The summed E-state index contributed by atoms with van der Waals surface area (Å²) in [6.45, 7) is 0. The van der Waals surface area contributed by atoms with E-state index in [0.29, 0.717) is 5.02 Å². The summed E-state index contributed by atoms with van der Waals surface area (Å²) in [6, 6.07) is 21.1. The zero-order chi connectivity index (χ0) is 23.8. The highest BCUT2D eigenvalue weighted by atomic mass is 35.5. The third-order valence-corrected chi connectivity index (χ3v) is 4.62. The minimum Gasteiger partial charge on any atom is -0.546 e. The summed E-state index contributed by atoms with van der Waals surface area (Å²) in [5.74, 6) is -4.99. The Morgan fingerprint density at radius 3 is 1.61 bits per heavy atom. The first-order chi connectivity index (χ1) is 15.8. The molecule has 0 saturated carbocycles. The van der Waals surface area contributed by atoms with Crippen LogP contribution in [0.2, 0.25) is 5.02 Å². The molecular formula is C24H17ClNO7-. The second-order valence-corrected chi connectivity index (χ2v) is 7.14. The quantitative estimate of drug-likeness (QED) is 0.506. The van der Waals surface area contributed by atoms with Crippen LogP contribution in [-0.4, -0.2) is 36.0 Å². The maximum absolute atomic E-state index is 12.9. The van der Waals surface area contributed by atoms with Crippen LogP contribution in [0.3, 0.4) is 0 Å². The lowest BCUT2D eigenvalue weighted by Crippen LogP contribution is -2.52. The van der Waals surface area contributed by atoms with Crippen molar-refractivity contribution in [2.75, 3.05) is 5.32 Å². The number of halogens is 1.